The molecule has 39 heavy (non-hydrogen) atoms. The lowest BCUT2D eigenvalue weighted by Crippen LogP contribution is -2.54. The molecular formula is C26H36N4O8S. The van der Waals surface area contributed by atoms with Gasteiger partial charge in [-0.25, -0.2) is 18.7 Å². The summed E-state index contributed by atoms with van der Waals surface area (Å²) >= 11 is 0. The van der Waals surface area contributed by atoms with Gasteiger partial charge in [0.05, 0.1) is 24.4 Å². The minimum atomic E-state index is -3.88. The number of aryl methyl sites for hydroxylation is 1. The molecule has 3 amide bonds. The molecule has 1 unspecified atom stereocenters. The Kier molecular flexibility index (Phi) is 8.94. The van der Waals surface area contributed by atoms with Crippen molar-refractivity contribution < 1.29 is 37.5 Å². The number of rotatable bonds is 7. The second-order valence-electron chi connectivity index (χ2n) is 10.3. The third kappa shape index (κ3) is 6.43. The number of carbonyl (C=O) groups is 3. The fraction of sp³-hybridized carbons (Fsp3) is 0.577. The van der Waals surface area contributed by atoms with E-state index in [0.29, 0.717) is 31.6 Å². The van der Waals surface area contributed by atoms with Crippen LogP contribution in [0.3, 0.4) is 0 Å². The van der Waals surface area contributed by atoms with Crippen molar-refractivity contribution in [2.75, 3.05) is 52.2 Å². The zero-order valence-electron chi connectivity index (χ0n) is 22.3. The maximum atomic E-state index is 13.5. The smallest absolute Gasteiger partial charge is 0.410 e. The maximum absolute atomic E-state index is 13.5. The van der Waals surface area contributed by atoms with Crippen molar-refractivity contribution in [1.29, 1.82) is 0 Å². The summed E-state index contributed by atoms with van der Waals surface area (Å²) in [6.45, 7) is 3.44. The van der Waals surface area contributed by atoms with Crippen molar-refractivity contribution in [2.45, 2.75) is 38.7 Å². The number of amides is 3. The average molecular weight is 565 g/mol. The molecule has 3 aliphatic heterocycles. The summed E-state index contributed by atoms with van der Waals surface area (Å²) in [6, 6.07) is 5.42. The van der Waals surface area contributed by atoms with Gasteiger partial charge in [-0.05, 0) is 55.0 Å². The van der Waals surface area contributed by atoms with Gasteiger partial charge in [-0.1, -0.05) is 12.1 Å². The fourth-order valence-electron chi connectivity index (χ4n) is 5.39. The molecule has 214 valence electrons. The summed E-state index contributed by atoms with van der Waals surface area (Å²) in [5.41, 5.74) is 3.69. The van der Waals surface area contributed by atoms with E-state index < -0.39 is 33.2 Å². The number of benzene rings is 1. The van der Waals surface area contributed by atoms with E-state index in [0.717, 1.165) is 16.7 Å². The molecule has 1 aromatic carbocycles. The lowest BCUT2D eigenvalue weighted by molar-refractivity contribution is -0.141. The molecule has 0 saturated carbocycles. The van der Waals surface area contributed by atoms with Crippen molar-refractivity contribution >= 4 is 33.5 Å². The van der Waals surface area contributed by atoms with Gasteiger partial charge in [-0.15, -0.1) is 0 Å². The second kappa shape index (κ2) is 12.0. The van der Waals surface area contributed by atoms with E-state index in [9.17, 15) is 28.0 Å². The van der Waals surface area contributed by atoms with Gasteiger partial charge in [0.25, 0.3) is 11.8 Å². The molecule has 3 N–H and O–H groups in total. The first-order valence-corrected chi connectivity index (χ1v) is 14.7. The van der Waals surface area contributed by atoms with Crippen LogP contribution in [-0.4, -0.2) is 99.0 Å². The summed E-state index contributed by atoms with van der Waals surface area (Å²) in [4.78, 5) is 38.6. The normalized spacial score (nSPS) is 21.7. The zero-order valence-corrected chi connectivity index (χ0v) is 23.1. The van der Waals surface area contributed by atoms with Crippen molar-refractivity contribution in [1.82, 2.24) is 20.0 Å². The van der Waals surface area contributed by atoms with Gasteiger partial charge in [0.15, 0.2) is 0 Å². The Morgan fingerprint density at radius 3 is 2.51 bits per heavy atom. The van der Waals surface area contributed by atoms with E-state index in [1.807, 2.05) is 19.1 Å². The number of hydroxylamine groups is 1. The highest BCUT2D eigenvalue weighted by Crippen LogP contribution is 2.36. The quantitative estimate of drug-likeness (QED) is 0.331. The van der Waals surface area contributed by atoms with Crippen LogP contribution in [0.2, 0.25) is 0 Å². The molecule has 2 fully saturated rings. The van der Waals surface area contributed by atoms with E-state index in [2.05, 4.69) is 5.32 Å². The molecule has 2 saturated heterocycles. The first-order chi connectivity index (χ1) is 18.6. The third-order valence-corrected chi connectivity index (χ3v) is 9.84. The minimum Gasteiger partial charge on any atom is -0.444 e. The lowest BCUT2D eigenvalue weighted by Gasteiger charge is -2.40. The Balaban J connectivity index is 1.42. The summed E-state index contributed by atoms with van der Waals surface area (Å²) in [5, 5.41) is 12.0. The van der Waals surface area contributed by atoms with Crippen molar-refractivity contribution in [2.24, 2.45) is 5.41 Å². The number of sulfonamides is 1. The van der Waals surface area contributed by atoms with Crippen LogP contribution < -0.4 is 10.8 Å². The number of hydrogen-bond acceptors (Lipinski definition) is 8. The van der Waals surface area contributed by atoms with Crippen molar-refractivity contribution in [3.63, 3.8) is 0 Å². The standard InChI is InChI=1S/C26H36N4O8S/c1-18-15-20(23(31)27-2)3-4-22(18)19-5-10-30(11-6-19)39(35,36)17-26(24(32)28-34)8-12-29(13-9-26)25(33)38-21-7-14-37-16-21/h3-5,15,21,34H,6-14,16-17H2,1-2H3,(H,27,31)(H,28,32). The molecule has 3 aliphatic rings. The van der Waals surface area contributed by atoms with Gasteiger partial charge in [0.1, 0.15) is 6.10 Å². The van der Waals surface area contributed by atoms with E-state index in [1.54, 1.807) is 24.7 Å². The summed E-state index contributed by atoms with van der Waals surface area (Å²) in [7, 11) is -2.30. The minimum absolute atomic E-state index is 0.0701. The Morgan fingerprint density at radius 1 is 1.21 bits per heavy atom. The predicted octanol–water partition coefficient (Wildman–Crippen LogP) is 1.29. The van der Waals surface area contributed by atoms with E-state index in [1.165, 1.54) is 9.21 Å². The number of nitrogens with zero attached hydrogens (tertiary/aromatic N) is 2. The van der Waals surface area contributed by atoms with E-state index >= 15 is 0 Å². The highest BCUT2D eigenvalue weighted by molar-refractivity contribution is 7.89. The highest BCUT2D eigenvalue weighted by Gasteiger charge is 2.47. The van der Waals surface area contributed by atoms with Crippen molar-refractivity contribution in [3.05, 3.63) is 41.0 Å². The molecule has 12 nitrogen and oxygen atoms in total. The monoisotopic (exact) mass is 564 g/mol. The van der Waals surface area contributed by atoms with Gasteiger partial charge >= 0.3 is 6.09 Å². The average Bonchev–Trinajstić information content (AvgIpc) is 3.45. The predicted molar refractivity (Wildman–Crippen MR) is 141 cm³/mol. The molecule has 13 heteroatoms. The number of ether oxygens (including phenoxy) is 2. The molecular weight excluding hydrogens is 528 g/mol. The number of carbonyl (C=O) groups excluding carboxylic acids is 3. The van der Waals surface area contributed by atoms with Crippen LogP contribution in [-0.2, 0) is 24.3 Å². The largest absolute Gasteiger partial charge is 0.444 e. The number of nitrogens with one attached hydrogen (secondary N) is 2. The van der Waals surface area contributed by atoms with Gasteiger partial charge in [-0.3, -0.25) is 14.8 Å². The SMILES string of the molecule is CNC(=O)c1ccc(C2=CCN(S(=O)(=O)CC3(C(=O)NO)CCN(C(=O)OC4CCOC4)CC3)CC2)c(C)c1. The number of hydrogen-bond donors (Lipinski definition) is 3. The Morgan fingerprint density at radius 2 is 1.95 bits per heavy atom. The Labute approximate surface area is 228 Å². The fourth-order valence-corrected chi connectivity index (χ4v) is 7.37. The van der Waals surface area contributed by atoms with Crippen LogP contribution in [0.1, 0.15) is 47.2 Å². The zero-order chi connectivity index (χ0) is 28.2. The third-order valence-electron chi connectivity index (χ3n) is 7.80. The highest BCUT2D eigenvalue weighted by atomic mass is 32.2. The van der Waals surface area contributed by atoms with Gasteiger partial charge in [0, 0.05) is 45.2 Å². The molecule has 0 aliphatic carbocycles. The molecule has 4 rings (SSSR count). The Hall–Kier alpha value is -3.00. The maximum Gasteiger partial charge on any atom is 0.410 e. The molecule has 0 bridgehead atoms. The molecule has 1 aromatic rings. The van der Waals surface area contributed by atoms with Crippen LogP contribution in [0.5, 0.6) is 0 Å². The summed E-state index contributed by atoms with van der Waals surface area (Å²) in [5.74, 6) is -1.43. The number of likely N-dealkylation sites (tertiary alicyclic amines) is 1. The van der Waals surface area contributed by atoms with Gasteiger partial charge < -0.3 is 19.7 Å². The van der Waals surface area contributed by atoms with Gasteiger partial charge in [-0.2, -0.15) is 4.31 Å². The summed E-state index contributed by atoms with van der Waals surface area (Å²) in [6.07, 6.45) is 2.28. The molecule has 0 radical (unpaired) electrons. The molecule has 0 aromatic heterocycles. The van der Waals surface area contributed by atoms with Crippen LogP contribution >= 0.6 is 0 Å². The van der Waals surface area contributed by atoms with Crippen molar-refractivity contribution in [3.8, 4) is 0 Å². The van der Waals surface area contributed by atoms with E-state index in [-0.39, 0.29) is 51.0 Å². The molecule has 3 heterocycles. The van der Waals surface area contributed by atoms with Crippen LogP contribution in [0.25, 0.3) is 5.57 Å². The van der Waals surface area contributed by atoms with Crippen LogP contribution in [0.4, 0.5) is 4.79 Å². The molecule has 1 atom stereocenters. The summed E-state index contributed by atoms with van der Waals surface area (Å²) < 4.78 is 38.9. The number of piperidine rings is 1. The van der Waals surface area contributed by atoms with E-state index in [4.69, 9.17) is 9.47 Å². The topological polar surface area (TPSA) is 155 Å². The Bertz CT molecular complexity index is 1230. The molecule has 0 spiro atoms. The van der Waals surface area contributed by atoms with Crippen LogP contribution in [0.15, 0.2) is 24.3 Å². The lowest BCUT2D eigenvalue weighted by atomic mass is 9.79. The first kappa shape index (κ1) is 29.0. The second-order valence-corrected chi connectivity index (χ2v) is 12.2. The van der Waals surface area contributed by atoms with Gasteiger partial charge in [0.2, 0.25) is 10.0 Å². The van der Waals surface area contributed by atoms with Crippen LogP contribution in [0, 0.1) is 12.3 Å². The first-order valence-electron chi connectivity index (χ1n) is 13.1.